The molecule has 6 nitrogen and oxygen atoms in total. The highest BCUT2D eigenvalue weighted by Gasteiger charge is 2.03. The van der Waals surface area contributed by atoms with E-state index in [-0.39, 0.29) is 0 Å². The fraction of sp³-hybridized carbons (Fsp3) is 0.429. The molecule has 0 saturated carbocycles. The van der Waals surface area contributed by atoms with Gasteiger partial charge in [0, 0.05) is 50.8 Å². The Bertz CT molecular complexity index is 510. The van der Waals surface area contributed by atoms with Crippen molar-refractivity contribution in [1.82, 2.24) is 20.3 Å². The second kappa shape index (κ2) is 7.62. The van der Waals surface area contributed by atoms with Gasteiger partial charge in [-0.05, 0) is 5.56 Å². The molecule has 2 aromatic heterocycles. The second-order valence-corrected chi connectivity index (χ2v) is 4.41. The van der Waals surface area contributed by atoms with E-state index in [4.69, 9.17) is 9.47 Å². The van der Waals surface area contributed by atoms with Crippen molar-refractivity contribution in [3.8, 4) is 5.88 Å². The SMILES string of the molecule is COCCNCc1cnc(Cc2ccc(OC)nc2)[nH]1. The lowest BCUT2D eigenvalue weighted by Gasteiger charge is -2.02. The minimum atomic E-state index is 0.622. The van der Waals surface area contributed by atoms with Crippen LogP contribution in [0.1, 0.15) is 17.1 Å². The number of rotatable bonds is 8. The molecule has 0 aromatic carbocycles. The quantitative estimate of drug-likeness (QED) is 0.707. The van der Waals surface area contributed by atoms with Crippen LogP contribution in [-0.2, 0) is 17.7 Å². The number of methoxy groups -OCH3 is 2. The summed E-state index contributed by atoms with van der Waals surface area (Å²) in [4.78, 5) is 11.8. The van der Waals surface area contributed by atoms with Crippen LogP contribution in [0.2, 0.25) is 0 Å². The Balaban J connectivity index is 1.85. The molecule has 0 aliphatic rings. The summed E-state index contributed by atoms with van der Waals surface area (Å²) in [6.07, 6.45) is 4.39. The summed E-state index contributed by atoms with van der Waals surface area (Å²) in [6.45, 7) is 2.29. The number of aromatic amines is 1. The number of H-pyrrole nitrogens is 1. The molecule has 0 spiro atoms. The normalized spacial score (nSPS) is 10.7. The second-order valence-electron chi connectivity index (χ2n) is 4.41. The van der Waals surface area contributed by atoms with Crippen molar-refractivity contribution in [2.45, 2.75) is 13.0 Å². The van der Waals surface area contributed by atoms with Gasteiger partial charge < -0.3 is 19.8 Å². The summed E-state index contributed by atoms with van der Waals surface area (Å²) in [5.74, 6) is 1.55. The van der Waals surface area contributed by atoms with Gasteiger partial charge in [-0.1, -0.05) is 6.07 Å². The van der Waals surface area contributed by atoms with Crippen LogP contribution >= 0.6 is 0 Å². The summed E-state index contributed by atoms with van der Waals surface area (Å²) in [7, 11) is 3.30. The Morgan fingerprint density at radius 1 is 1.20 bits per heavy atom. The zero-order valence-corrected chi connectivity index (χ0v) is 11.8. The first-order valence-corrected chi connectivity index (χ1v) is 6.53. The highest BCUT2D eigenvalue weighted by Crippen LogP contribution is 2.10. The topological polar surface area (TPSA) is 72.1 Å². The molecule has 20 heavy (non-hydrogen) atoms. The lowest BCUT2D eigenvalue weighted by molar-refractivity contribution is 0.199. The van der Waals surface area contributed by atoms with Crippen molar-refractivity contribution in [1.29, 1.82) is 0 Å². The van der Waals surface area contributed by atoms with E-state index in [2.05, 4.69) is 20.3 Å². The van der Waals surface area contributed by atoms with E-state index in [1.54, 1.807) is 20.4 Å². The number of pyridine rings is 1. The monoisotopic (exact) mass is 276 g/mol. The standard InChI is InChI=1S/C14H20N4O2/c1-19-6-5-15-9-12-10-16-13(18-12)7-11-3-4-14(20-2)17-8-11/h3-4,8,10,15H,5-7,9H2,1-2H3,(H,16,18). The molecule has 0 aliphatic heterocycles. The lowest BCUT2D eigenvalue weighted by Crippen LogP contribution is -2.18. The van der Waals surface area contributed by atoms with Gasteiger partial charge in [-0.3, -0.25) is 0 Å². The number of aromatic nitrogens is 3. The third-order valence-electron chi connectivity index (χ3n) is 2.86. The Kier molecular flexibility index (Phi) is 5.52. The minimum Gasteiger partial charge on any atom is -0.481 e. The molecule has 108 valence electrons. The van der Waals surface area contributed by atoms with Crippen molar-refractivity contribution in [3.05, 3.63) is 41.6 Å². The number of nitrogens with zero attached hydrogens (tertiary/aromatic N) is 2. The maximum atomic E-state index is 5.03. The molecule has 0 atom stereocenters. The first-order valence-electron chi connectivity index (χ1n) is 6.53. The van der Waals surface area contributed by atoms with Crippen LogP contribution in [0.15, 0.2) is 24.5 Å². The maximum absolute atomic E-state index is 5.03. The molecule has 0 radical (unpaired) electrons. The summed E-state index contributed by atoms with van der Waals surface area (Å²) < 4.78 is 10.0. The van der Waals surface area contributed by atoms with Crippen LogP contribution in [-0.4, -0.2) is 42.3 Å². The highest BCUT2D eigenvalue weighted by molar-refractivity contribution is 5.21. The third kappa shape index (κ3) is 4.32. The molecule has 0 saturated heterocycles. The molecule has 0 amide bonds. The van der Waals surface area contributed by atoms with E-state index in [0.29, 0.717) is 12.5 Å². The van der Waals surface area contributed by atoms with Gasteiger partial charge in [-0.25, -0.2) is 9.97 Å². The predicted molar refractivity (Wildman–Crippen MR) is 75.8 cm³/mol. The predicted octanol–water partition coefficient (Wildman–Crippen LogP) is 1.14. The molecule has 2 heterocycles. The van der Waals surface area contributed by atoms with E-state index >= 15 is 0 Å². The fourth-order valence-corrected chi connectivity index (χ4v) is 1.81. The van der Waals surface area contributed by atoms with Crippen LogP contribution in [0.5, 0.6) is 5.88 Å². The zero-order valence-electron chi connectivity index (χ0n) is 11.8. The van der Waals surface area contributed by atoms with E-state index < -0.39 is 0 Å². The van der Waals surface area contributed by atoms with Gasteiger partial charge in [0.25, 0.3) is 0 Å². The van der Waals surface area contributed by atoms with Crippen LogP contribution in [0, 0.1) is 0 Å². The number of hydrogen-bond acceptors (Lipinski definition) is 5. The third-order valence-corrected chi connectivity index (χ3v) is 2.86. The Hall–Kier alpha value is -1.92. The van der Waals surface area contributed by atoms with Gasteiger partial charge in [0.05, 0.1) is 13.7 Å². The zero-order chi connectivity index (χ0) is 14.2. The van der Waals surface area contributed by atoms with Gasteiger partial charge in [0.1, 0.15) is 5.82 Å². The summed E-state index contributed by atoms with van der Waals surface area (Å²) in [5.41, 5.74) is 2.16. The molecule has 0 aliphatic carbocycles. The molecule has 0 bridgehead atoms. The molecule has 6 heteroatoms. The van der Waals surface area contributed by atoms with Crippen LogP contribution in [0.3, 0.4) is 0 Å². The minimum absolute atomic E-state index is 0.622. The first-order chi connectivity index (χ1) is 9.81. The van der Waals surface area contributed by atoms with E-state index in [1.807, 2.05) is 18.3 Å². The Labute approximate surface area is 118 Å². The first kappa shape index (κ1) is 14.5. The molecular formula is C14H20N4O2. The average molecular weight is 276 g/mol. The van der Waals surface area contributed by atoms with Crippen molar-refractivity contribution >= 4 is 0 Å². The van der Waals surface area contributed by atoms with Gasteiger partial charge in [0.15, 0.2) is 0 Å². The van der Waals surface area contributed by atoms with Crippen LogP contribution < -0.4 is 10.1 Å². The smallest absolute Gasteiger partial charge is 0.212 e. The molecule has 2 aromatic rings. The van der Waals surface area contributed by atoms with Gasteiger partial charge in [-0.2, -0.15) is 0 Å². The van der Waals surface area contributed by atoms with Gasteiger partial charge in [-0.15, -0.1) is 0 Å². The Morgan fingerprint density at radius 2 is 2.10 bits per heavy atom. The number of ether oxygens (including phenoxy) is 2. The van der Waals surface area contributed by atoms with Crippen molar-refractivity contribution in [3.63, 3.8) is 0 Å². The van der Waals surface area contributed by atoms with E-state index in [0.717, 1.165) is 36.6 Å². The van der Waals surface area contributed by atoms with Crippen LogP contribution in [0.25, 0.3) is 0 Å². The van der Waals surface area contributed by atoms with Gasteiger partial charge >= 0.3 is 0 Å². The molecule has 2 rings (SSSR count). The van der Waals surface area contributed by atoms with Crippen molar-refractivity contribution < 1.29 is 9.47 Å². The number of hydrogen-bond donors (Lipinski definition) is 2. The van der Waals surface area contributed by atoms with E-state index in [9.17, 15) is 0 Å². The number of imidazole rings is 1. The van der Waals surface area contributed by atoms with Crippen LogP contribution in [0.4, 0.5) is 0 Å². The van der Waals surface area contributed by atoms with Crippen molar-refractivity contribution in [2.24, 2.45) is 0 Å². The van der Waals surface area contributed by atoms with E-state index in [1.165, 1.54) is 0 Å². The van der Waals surface area contributed by atoms with Gasteiger partial charge in [0.2, 0.25) is 5.88 Å². The highest BCUT2D eigenvalue weighted by atomic mass is 16.5. The molecule has 0 unspecified atom stereocenters. The number of nitrogens with one attached hydrogen (secondary N) is 2. The fourth-order valence-electron chi connectivity index (χ4n) is 1.81. The average Bonchev–Trinajstić information content (AvgIpc) is 2.92. The maximum Gasteiger partial charge on any atom is 0.212 e. The summed E-state index contributed by atoms with van der Waals surface area (Å²) >= 11 is 0. The largest absolute Gasteiger partial charge is 0.481 e. The summed E-state index contributed by atoms with van der Waals surface area (Å²) in [6, 6.07) is 3.84. The molecular weight excluding hydrogens is 256 g/mol. The Morgan fingerprint density at radius 3 is 2.80 bits per heavy atom. The lowest BCUT2D eigenvalue weighted by atomic mass is 10.2. The summed E-state index contributed by atoms with van der Waals surface area (Å²) in [5, 5.41) is 3.27. The molecule has 2 N–H and O–H groups in total. The van der Waals surface area contributed by atoms with Crippen molar-refractivity contribution in [2.75, 3.05) is 27.4 Å². The molecule has 0 fully saturated rings.